The maximum Gasteiger partial charge on any atom is 0.0373 e. The summed E-state index contributed by atoms with van der Waals surface area (Å²) in [6.07, 6.45) is 4.07. The van der Waals surface area contributed by atoms with E-state index in [1.807, 2.05) is 26.2 Å². The third-order valence-electron chi connectivity index (χ3n) is 4.16. The minimum absolute atomic E-state index is 1.05. The summed E-state index contributed by atoms with van der Waals surface area (Å²) in [4.78, 5) is 6.62. The molecule has 0 radical (unpaired) electrons. The molecule has 0 spiro atoms. The average molecular weight is 368 g/mol. The van der Waals surface area contributed by atoms with Crippen LogP contribution in [0.15, 0.2) is 61.8 Å². The Morgan fingerprint density at radius 2 is 1.67 bits per heavy atom. The lowest BCUT2D eigenvalue weighted by Crippen LogP contribution is -2.26. The number of aromatic nitrogens is 1. The highest BCUT2D eigenvalue weighted by Gasteiger charge is 2.03. The molecule has 0 bridgehead atoms. The molecule has 27 heavy (non-hydrogen) atoms. The van der Waals surface area contributed by atoms with Crippen molar-refractivity contribution in [2.75, 3.05) is 33.7 Å². The number of hydrogen-bond acceptors (Lipinski definition) is 3. The molecule has 3 heteroatoms. The van der Waals surface area contributed by atoms with Crippen molar-refractivity contribution in [2.24, 2.45) is 0 Å². The summed E-state index contributed by atoms with van der Waals surface area (Å²) in [5.74, 6) is 0. The Kier molecular flexibility index (Phi) is 13.7. The van der Waals surface area contributed by atoms with E-state index in [0.717, 1.165) is 25.3 Å². The standard InChI is InChI=1S/C16H17N.C6H16N2.C2H4/c1-4-16(14-8-5-12(2)6-9-14)15-10-7-13(3)17-11-15;1-4-8(3)6-5-7-2;1-2/h4-11H,1-3H3;7H,4-6H2,1-3H3;1-2H2/b16-4+;;. The maximum absolute atomic E-state index is 4.35. The van der Waals surface area contributed by atoms with Crippen LogP contribution in [0.25, 0.3) is 5.57 Å². The SMILES string of the molecule is C/C=C(\c1ccc(C)cc1)c1ccc(C)nc1.C=C.CCN(C)CCNC. The van der Waals surface area contributed by atoms with E-state index in [-0.39, 0.29) is 0 Å². The number of likely N-dealkylation sites (N-methyl/N-ethyl adjacent to an activating group) is 2. The highest BCUT2D eigenvalue weighted by atomic mass is 15.1. The molecule has 1 heterocycles. The Bertz CT molecular complexity index is 595. The molecule has 148 valence electrons. The quantitative estimate of drug-likeness (QED) is 0.719. The minimum atomic E-state index is 1.05. The Balaban J connectivity index is 0.000000574. The molecule has 0 aliphatic heterocycles. The number of aryl methyl sites for hydroxylation is 2. The summed E-state index contributed by atoms with van der Waals surface area (Å²) in [5, 5.41) is 3.09. The molecule has 1 N–H and O–H groups in total. The van der Waals surface area contributed by atoms with Crippen LogP contribution >= 0.6 is 0 Å². The fraction of sp³-hybridized carbons (Fsp3) is 0.375. The van der Waals surface area contributed by atoms with Crippen molar-refractivity contribution in [3.63, 3.8) is 0 Å². The van der Waals surface area contributed by atoms with Gasteiger partial charge in [0.05, 0.1) is 0 Å². The van der Waals surface area contributed by atoms with Crippen LogP contribution in [0.4, 0.5) is 0 Å². The van der Waals surface area contributed by atoms with E-state index in [1.165, 1.54) is 22.3 Å². The number of hydrogen-bond donors (Lipinski definition) is 1. The predicted molar refractivity (Wildman–Crippen MR) is 121 cm³/mol. The minimum Gasteiger partial charge on any atom is -0.318 e. The van der Waals surface area contributed by atoms with Gasteiger partial charge < -0.3 is 10.2 Å². The molecule has 2 aromatic rings. The Labute approximate surface area is 166 Å². The molecule has 1 aromatic heterocycles. The van der Waals surface area contributed by atoms with Crippen LogP contribution in [-0.2, 0) is 0 Å². The molecule has 0 fully saturated rings. The molecule has 3 nitrogen and oxygen atoms in total. The third-order valence-corrected chi connectivity index (χ3v) is 4.16. The van der Waals surface area contributed by atoms with Crippen LogP contribution in [0.3, 0.4) is 0 Å². The number of allylic oxidation sites excluding steroid dienone is 1. The number of benzene rings is 1. The molecule has 0 atom stereocenters. The lowest BCUT2D eigenvalue weighted by Gasteiger charge is -2.11. The summed E-state index contributed by atoms with van der Waals surface area (Å²) < 4.78 is 0. The van der Waals surface area contributed by atoms with Crippen LogP contribution in [0.2, 0.25) is 0 Å². The van der Waals surface area contributed by atoms with Gasteiger partial charge in [0.1, 0.15) is 0 Å². The molecular formula is C24H37N3. The van der Waals surface area contributed by atoms with Gasteiger partial charge in [-0.3, -0.25) is 4.98 Å². The zero-order chi connectivity index (χ0) is 20.7. The van der Waals surface area contributed by atoms with E-state index in [1.54, 1.807) is 0 Å². The summed E-state index contributed by atoms with van der Waals surface area (Å²) in [6, 6.07) is 12.8. The molecule has 0 aliphatic carbocycles. The van der Waals surface area contributed by atoms with Crippen molar-refractivity contribution in [1.82, 2.24) is 15.2 Å². The van der Waals surface area contributed by atoms with Gasteiger partial charge in [-0.1, -0.05) is 48.9 Å². The van der Waals surface area contributed by atoms with Crippen molar-refractivity contribution in [3.8, 4) is 0 Å². The normalized spacial score (nSPS) is 10.6. The van der Waals surface area contributed by atoms with E-state index in [9.17, 15) is 0 Å². The highest BCUT2D eigenvalue weighted by Crippen LogP contribution is 2.23. The van der Waals surface area contributed by atoms with Crippen LogP contribution in [0.1, 0.15) is 36.2 Å². The average Bonchev–Trinajstić information content (AvgIpc) is 2.71. The van der Waals surface area contributed by atoms with Gasteiger partial charge in [0, 0.05) is 30.5 Å². The number of nitrogens with one attached hydrogen (secondary N) is 1. The number of nitrogens with zero attached hydrogens (tertiary/aromatic N) is 2. The summed E-state index contributed by atoms with van der Waals surface area (Å²) in [5.41, 5.74) is 5.97. The number of rotatable bonds is 6. The smallest absolute Gasteiger partial charge is 0.0373 e. The topological polar surface area (TPSA) is 28.2 Å². The van der Waals surface area contributed by atoms with Gasteiger partial charge in [0.15, 0.2) is 0 Å². The molecule has 0 amide bonds. The van der Waals surface area contributed by atoms with Crippen molar-refractivity contribution in [2.45, 2.75) is 27.7 Å². The molecule has 0 saturated carbocycles. The fourth-order valence-corrected chi connectivity index (χ4v) is 2.32. The van der Waals surface area contributed by atoms with E-state index < -0.39 is 0 Å². The molecular weight excluding hydrogens is 330 g/mol. The lowest BCUT2D eigenvalue weighted by molar-refractivity contribution is 0.354. The van der Waals surface area contributed by atoms with Gasteiger partial charge in [-0.25, -0.2) is 0 Å². The Morgan fingerprint density at radius 3 is 2.11 bits per heavy atom. The number of pyridine rings is 1. The van der Waals surface area contributed by atoms with Crippen molar-refractivity contribution in [3.05, 3.63) is 84.2 Å². The molecule has 1 aromatic carbocycles. The van der Waals surface area contributed by atoms with Gasteiger partial charge >= 0.3 is 0 Å². The molecule has 0 aliphatic rings. The zero-order valence-corrected chi connectivity index (χ0v) is 18.0. The Morgan fingerprint density at radius 1 is 1.07 bits per heavy atom. The van der Waals surface area contributed by atoms with Gasteiger partial charge in [-0.15, -0.1) is 13.2 Å². The second kappa shape index (κ2) is 14.9. The zero-order valence-electron chi connectivity index (χ0n) is 18.0. The van der Waals surface area contributed by atoms with E-state index >= 15 is 0 Å². The van der Waals surface area contributed by atoms with Gasteiger partial charge in [-0.05, 0) is 58.6 Å². The summed E-state index contributed by atoms with van der Waals surface area (Å²) in [7, 11) is 4.10. The molecule has 2 rings (SSSR count). The maximum atomic E-state index is 4.35. The van der Waals surface area contributed by atoms with Crippen molar-refractivity contribution < 1.29 is 0 Å². The van der Waals surface area contributed by atoms with Crippen molar-refractivity contribution in [1.29, 1.82) is 0 Å². The summed E-state index contributed by atoms with van der Waals surface area (Å²) in [6.45, 7) is 17.7. The second-order valence-electron chi connectivity index (χ2n) is 6.26. The van der Waals surface area contributed by atoms with Crippen molar-refractivity contribution >= 4 is 5.57 Å². The van der Waals surface area contributed by atoms with E-state index in [2.05, 4.69) is 92.6 Å². The van der Waals surface area contributed by atoms with Gasteiger partial charge in [-0.2, -0.15) is 0 Å². The van der Waals surface area contributed by atoms with Crippen LogP contribution in [0.5, 0.6) is 0 Å². The van der Waals surface area contributed by atoms with Crippen LogP contribution < -0.4 is 5.32 Å². The highest BCUT2D eigenvalue weighted by molar-refractivity contribution is 5.79. The Hall–Kier alpha value is -2.23. The van der Waals surface area contributed by atoms with E-state index in [4.69, 9.17) is 0 Å². The molecule has 0 saturated heterocycles. The van der Waals surface area contributed by atoms with Crippen LogP contribution in [-0.4, -0.2) is 43.6 Å². The largest absolute Gasteiger partial charge is 0.318 e. The first kappa shape index (κ1) is 24.8. The fourth-order valence-electron chi connectivity index (χ4n) is 2.32. The van der Waals surface area contributed by atoms with Crippen LogP contribution in [0, 0.1) is 13.8 Å². The van der Waals surface area contributed by atoms with E-state index in [0.29, 0.717) is 0 Å². The third kappa shape index (κ3) is 9.88. The lowest BCUT2D eigenvalue weighted by atomic mass is 9.98. The second-order valence-corrected chi connectivity index (χ2v) is 6.26. The first-order valence-corrected chi connectivity index (χ1v) is 9.51. The summed E-state index contributed by atoms with van der Waals surface area (Å²) >= 11 is 0. The molecule has 0 unspecified atom stereocenters. The monoisotopic (exact) mass is 367 g/mol. The predicted octanol–water partition coefficient (Wildman–Crippen LogP) is 5.11. The van der Waals surface area contributed by atoms with Gasteiger partial charge in [0.25, 0.3) is 0 Å². The first-order chi connectivity index (χ1) is 13.0. The first-order valence-electron chi connectivity index (χ1n) is 9.51. The van der Waals surface area contributed by atoms with Gasteiger partial charge in [0.2, 0.25) is 0 Å².